The van der Waals surface area contributed by atoms with Crippen LogP contribution in [0.25, 0.3) is 11.1 Å². The van der Waals surface area contributed by atoms with Crippen LogP contribution in [-0.4, -0.2) is 6.61 Å². The van der Waals surface area contributed by atoms with E-state index in [9.17, 15) is 0 Å². The second kappa shape index (κ2) is 7.54. The van der Waals surface area contributed by atoms with Gasteiger partial charge < -0.3 is 4.74 Å². The highest BCUT2D eigenvalue weighted by Gasteiger charge is 1.98. The molecule has 0 saturated carbocycles. The van der Waals surface area contributed by atoms with Gasteiger partial charge in [-0.05, 0) is 37.1 Å². The molecule has 0 saturated heterocycles. The minimum absolute atomic E-state index is 0.712. The molecule has 18 heavy (non-hydrogen) atoms. The molecule has 0 fully saturated rings. The third-order valence-corrected chi connectivity index (χ3v) is 2.52. The first-order valence-corrected chi connectivity index (χ1v) is 6.59. The summed E-state index contributed by atoms with van der Waals surface area (Å²) in [6, 6.07) is 16.7. The van der Waals surface area contributed by atoms with Crippen LogP contribution in [0.1, 0.15) is 26.3 Å². The number of benzene rings is 2. The van der Waals surface area contributed by atoms with Gasteiger partial charge in [-0.15, -0.1) is 0 Å². The summed E-state index contributed by atoms with van der Waals surface area (Å²) in [4.78, 5) is 0. The molecule has 2 aromatic carbocycles. The molecule has 0 aliphatic rings. The minimum atomic E-state index is 0.712. The first kappa shape index (κ1) is 14.3. The molecule has 96 valence electrons. The second-order valence-electron chi connectivity index (χ2n) is 3.83. The lowest BCUT2D eigenvalue weighted by molar-refractivity contribution is 0.340. The fourth-order valence-electron chi connectivity index (χ4n) is 1.73. The van der Waals surface area contributed by atoms with Gasteiger partial charge in [-0.25, -0.2) is 0 Å². The van der Waals surface area contributed by atoms with Crippen LogP contribution in [0.15, 0.2) is 48.5 Å². The minimum Gasteiger partial charge on any atom is -0.494 e. The Hall–Kier alpha value is -1.76. The van der Waals surface area contributed by atoms with E-state index in [4.69, 9.17) is 4.74 Å². The zero-order valence-electron chi connectivity index (χ0n) is 11.7. The van der Waals surface area contributed by atoms with Crippen molar-refractivity contribution in [3.8, 4) is 16.9 Å². The summed E-state index contributed by atoms with van der Waals surface area (Å²) < 4.78 is 5.42. The van der Waals surface area contributed by atoms with Gasteiger partial charge >= 0.3 is 0 Å². The van der Waals surface area contributed by atoms with Crippen LogP contribution in [0.5, 0.6) is 5.75 Å². The van der Waals surface area contributed by atoms with Crippen molar-refractivity contribution in [3.05, 3.63) is 54.1 Å². The second-order valence-corrected chi connectivity index (χ2v) is 3.83. The van der Waals surface area contributed by atoms with E-state index in [1.54, 1.807) is 0 Å². The summed E-state index contributed by atoms with van der Waals surface area (Å²) in [6.45, 7) is 8.82. The van der Waals surface area contributed by atoms with E-state index in [-0.39, 0.29) is 0 Å². The molecule has 0 unspecified atom stereocenters. The zero-order chi connectivity index (χ0) is 13.4. The smallest absolute Gasteiger partial charge is 0.119 e. The number of hydrogen-bond acceptors (Lipinski definition) is 1. The van der Waals surface area contributed by atoms with Gasteiger partial charge in [0.2, 0.25) is 0 Å². The van der Waals surface area contributed by atoms with E-state index < -0.39 is 0 Å². The molecule has 0 bridgehead atoms. The van der Waals surface area contributed by atoms with Gasteiger partial charge in [0.1, 0.15) is 5.75 Å². The van der Waals surface area contributed by atoms with Crippen molar-refractivity contribution in [2.24, 2.45) is 0 Å². The summed E-state index contributed by atoms with van der Waals surface area (Å²) in [7, 11) is 0. The Labute approximate surface area is 110 Å². The highest BCUT2D eigenvalue weighted by atomic mass is 16.5. The van der Waals surface area contributed by atoms with Gasteiger partial charge in [0.15, 0.2) is 0 Å². The van der Waals surface area contributed by atoms with Gasteiger partial charge in [0.25, 0.3) is 0 Å². The fourth-order valence-corrected chi connectivity index (χ4v) is 1.73. The summed E-state index contributed by atoms with van der Waals surface area (Å²) in [5.41, 5.74) is 3.77. The molecule has 0 N–H and O–H groups in total. The van der Waals surface area contributed by atoms with Gasteiger partial charge in [-0.3, -0.25) is 0 Å². The Morgan fingerprint density at radius 3 is 2.11 bits per heavy atom. The monoisotopic (exact) mass is 242 g/mol. The van der Waals surface area contributed by atoms with Crippen molar-refractivity contribution in [1.29, 1.82) is 0 Å². The quantitative estimate of drug-likeness (QED) is 0.728. The molecule has 2 rings (SSSR count). The molecule has 1 nitrogen and oxygen atoms in total. The molecule has 0 atom stereocenters. The molecule has 0 spiro atoms. The summed E-state index contributed by atoms with van der Waals surface area (Å²) >= 11 is 0. The Morgan fingerprint density at radius 1 is 0.889 bits per heavy atom. The van der Waals surface area contributed by atoms with Crippen LogP contribution >= 0.6 is 0 Å². The molecule has 0 aliphatic heterocycles. The molecule has 0 amide bonds. The fraction of sp³-hybridized carbons (Fsp3) is 0.294. The number of rotatable bonds is 3. The van der Waals surface area contributed by atoms with Crippen molar-refractivity contribution in [2.75, 3.05) is 6.61 Å². The van der Waals surface area contributed by atoms with E-state index >= 15 is 0 Å². The SMILES string of the molecule is CC.CCOc1ccc(-c2cccc(C)c2)cc1. The predicted molar refractivity (Wildman–Crippen MR) is 79.1 cm³/mol. The summed E-state index contributed by atoms with van der Waals surface area (Å²) in [5, 5.41) is 0. The van der Waals surface area contributed by atoms with E-state index in [2.05, 4.69) is 43.3 Å². The standard InChI is InChI=1S/C15H16O.C2H6/c1-3-16-15-9-7-13(8-10-15)14-6-4-5-12(2)11-14;1-2/h4-11H,3H2,1-2H3;1-2H3. The van der Waals surface area contributed by atoms with Gasteiger partial charge in [0, 0.05) is 0 Å². The number of hydrogen-bond donors (Lipinski definition) is 0. The highest BCUT2D eigenvalue weighted by molar-refractivity contribution is 5.64. The maximum absolute atomic E-state index is 5.42. The average Bonchev–Trinajstić information content (AvgIpc) is 2.42. The third-order valence-electron chi connectivity index (χ3n) is 2.52. The Morgan fingerprint density at radius 2 is 1.56 bits per heavy atom. The van der Waals surface area contributed by atoms with Gasteiger partial charge in [0.05, 0.1) is 6.61 Å². The van der Waals surface area contributed by atoms with Crippen LogP contribution < -0.4 is 4.74 Å². The largest absolute Gasteiger partial charge is 0.494 e. The van der Waals surface area contributed by atoms with Gasteiger partial charge in [-0.1, -0.05) is 55.8 Å². The van der Waals surface area contributed by atoms with Crippen molar-refractivity contribution >= 4 is 0 Å². The van der Waals surface area contributed by atoms with E-state index in [1.165, 1.54) is 16.7 Å². The first-order chi connectivity index (χ1) is 8.79. The molecule has 2 aromatic rings. The van der Waals surface area contributed by atoms with Crippen molar-refractivity contribution < 1.29 is 4.74 Å². The maximum Gasteiger partial charge on any atom is 0.119 e. The molecular weight excluding hydrogens is 220 g/mol. The Kier molecular flexibility index (Phi) is 5.99. The summed E-state index contributed by atoms with van der Waals surface area (Å²) in [5.74, 6) is 0.930. The lowest BCUT2D eigenvalue weighted by Gasteiger charge is -2.05. The topological polar surface area (TPSA) is 9.23 Å². The lowest BCUT2D eigenvalue weighted by atomic mass is 10.0. The average molecular weight is 242 g/mol. The molecule has 0 radical (unpaired) electrons. The molecule has 1 heteroatoms. The Bertz CT molecular complexity index is 457. The molecular formula is C17H22O. The van der Waals surface area contributed by atoms with E-state index in [0.29, 0.717) is 6.61 Å². The van der Waals surface area contributed by atoms with Crippen LogP contribution in [0.3, 0.4) is 0 Å². The lowest BCUT2D eigenvalue weighted by Crippen LogP contribution is -1.90. The third kappa shape index (κ3) is 3.92. The predicted octanol–water partition coefficient (Wildman–Crippen LogP) is 5.09. The normalized spacial score (nSPS) is 9.33. The highest BCUT2D eigenvalue weighted by Crippen LogP contribution is 2.23. The Balaban J connectivity index is 0.000000771. The first-order valence-electron chi connectivity index (χ1n) is 6.59. The number of ether oxygens (including phenoxy) is 1. The van der Waals surface area contributed by atoms with Crippen LogP contribution in [0.4, 0.5) is 0 Å². The molecule has 0 aromatic heterocycles. The van der Waals surface area contributed by atoms with Crippen LogP contribution in [0, 0.1) is 6.92 Å². The maximum atomic E-state index is 5.42. The van der Waals surface area contributed by atoms with Gasteiger partial charge in [-0.2, -0.15) is 0 Å². The van der Waals surface area contributed by atoms with Crippen molar-refractivity contribution in [1.82, 2.24) is 0 Å². The molecule has 0 aliphatic carbocycles. The zero-order valence-corrected chi connectivity index (χ0v) is 11.7. The number of aryl methyl sites for hydroxylation is 1. The van der Waals surface area contributed by atoms with Crippen LogP contribution in [0.2, 0.25) is 0 Å². The van der Waals surface area contributed by atoms with E-state index in [1.807, 2.05) is 32.9 Å². The molecule has 0 heterocycles. The van der Waals surface area contributed by atoms with E-state index in [0.717, 1.165) is 5.75 Å². The van der Waals surface area contributed by atoms with Crippen molar-refractivity contribution in [3.63, 3.8) is 0 Å². The summed E-state index contributed by atoms with van der Waals surface area (Å²) in [6.07, 6.45) is 0. The van der Waals surface area contributed by atoms with Crippen LogP contribution in [-0.2, 0) is 0 Å². The van der Waals surface area contributed by atoms with Crippen molar-refractivity contribution in [2.45, 2.75) is 27.7 Å².